The molecule has 1 amide bonds. The van der Waals surface area contributed by atoms with Gasteiger partial charge >= 0.3 is 0 Å². The van der Waals surface area contributed by atoms with Gasteiger partial charge in [0.1, 0.15) is 5.82 Å². The number of likely N-dealkylation sites (N-methyl/N-ethyl adjacent to an activating group) is 1. The van der Waals surface area contributed by atoms with E-state index in [1.165, 1.54) is 12.1 Å². The second-order valence-corrected chi connectivity index (χ2v) is 7.52. The second-order valence-electron chi connectivity index (χ2n) is 7.52. The van der Waals surface area contributed by atoms with Crippen molar-refractivity contribution in [1.82, 2.24) is 14.7 Å². The molecule has 1 heterocycles. The molecule has 1 aliphatic heterocycles. The first-order chi connectivity index (χ1) is 11.9. The maximum atomic E-state index is 12.9. The van der Waals surface area contributed by atoms with Gasteiger partial charge in [0.05, 0.1) is 0 Å². The third kappa shape index (κ3) is 6.08. The van der Waals surface area contributed by atoms with E-state index in [-0.39, 0.29) is 11.7 Å². The Morgan fingerprint density at radius 3 is 2.32 bits per heavy atom. The van der Waals surface area contributed by atoms with Gasteiger partial charge in [-0.2, -0.15) is 0 Å². The SMILES string of the molecule is CC1CN(C(=O)CCCc2ccc(F)cc2)CC(C)N1CCN(C)C. The van der Waals surface area contributed by atoms with Gasteiger partial charge in [-0.3, -0.25) is 9.69 Å². The lowest BCUT2D eigenvalue weighted by Gasteiger charge is -2.45. The normalized spacial score (nSPS) is 21.8. The number of hydrogen-bond acceptors (Lipinski definition) is 3. The molecule has 0 radical (unpaired) electrons. The quantitative estimate of drug-likeness (QED) is 0.757. The Hall–Kier alpha value is -1.46. The maximum absolute atomic E-state index is 12.9. The Morgan fingerprint density at radius 1 is 1.16 bits per heavy atom. The summed E-state index contributed by atoms with van der Waals surface area (Å²) in [5.74, 6) is 0.0306. The van der Waals surface area contributed by atoms with Crippen LogP contribution in [0.1, 0.15) is 32.3 Å². The van der Waals surface area contributed by atoms with Crippen molar-refractivity contribution in [1.29, 1.82) is 0 Å². The van der Waals surface area contributed by atoms with Crippen LogP contribution in [-0.4, -0.2) is 73.0 Å². The van der Waals surface area contributed by atoms with E-state index in [1.54, 1.807) is 12.1 Å². The monoisotopic (exact) mass is 349 g/mol. The molecule has 4 nitrogen and oxygen atoms in total. The molecule has 1 aromatic rings. The van der Waals surface area contributed by atoms with Gasteiger partial charge in [-0.15, -0.1) is 0 Å². The number of benzene rings is 1. The molecule has 1 saturated heterocycles. The number of rotatable bonds is 7. The van der Waals surface area contributed by atoms with Crippen LogP contribution in [0.25, 0.3) is 0 Å². The molecule has 2 atom stereocenters. The summed E-state index contributed by atoms with van der Waals surface area (Å²) in [5, 5.41) is 0. The molecule has 0 saturated carbocycles. The van der Waals surface area contributed by atoms with Crippen molar-refractivity contribution >= 4 is 5.91 Å². The van der Waals surface area contributed by atoms with Crippen LogP contribution in [-0.2, 0) is 11.2 Å². The lowest BCUT2D eigenvalue weighted by Crippen LogP contribution is -2.59. The molecule has 0 aliphatic carbocycles. The van der Waals surface area contributed by atoms with Crippen LogP contribution >= 0.6 is 0 Å². The first-order valence-electron chi connectivity index (χ1n) is 9.29. The lowest BCUT2D eigenvalue weighted by atomic mass is 10.1. The van der Waals surface area contributed by atoms with Crippen LogP contribution in [0, 0.1) is 5.82 Å². The van der Waals surface area contributed by atoms with Crippen molar-refractivity contribution in [2.75, 3.05) is 40.3 Å². The molecular formula is C20H32FN3O. The predicted molar refractivity (Wildman–Crippen MR) is 100 cm³/mol. The lowest BCUT2D eigenvalue weighted by molar-refractivity contribution is -0.135. The van der Waals surface area contributed by atoms with E-state index in [0.29, 0.717) is 18.5 Å². The van der Waals surface area contributed by atoms with Crippen LogP contribution in [0.2, 0.25) is 0 Å². The Kier molecular flexibility index (Phi) is 7.38. The second kappa shape index (κ2) is 9.30. The average molecular weight is 349 g/mol. The highest BCUT2D eigenvalue weighted by molar-refractivity contribution is 5.76. The fourth-order valence-corrected chi connectivity index (χ4v) is 3.57. The minimum absolute atomic E-state index is 0.213. The van der Waals surface area contributed by atoms with E-state index in [9.17, 15) is 9.18 Å². The van der Waals surface area contributed by atoms with Crippen molar-refractivity contribution in [2.24, 2.45) is 0 Å². The van der Waals surface area contributed by atoms with Crippen LogP contribution < -0.4 is 0 Å². The Balaban J connectivity index is 1.77. The largest absolute Gasteiger partial charge is 0.340 e. The fourth-order valence-electron chi connectivity index (χ4n) is 3.57. The Bertz CT molecular complexity index is 534. The smallest absolute Gasteiger partial charge is 0.222 e. The van der Waals surface area contributed by atoms with Gasteiger partial charge in [-0.1, -0.05) is 12.1 Å². The summed E-state index contributed by atoms with van der Waals surface area (Å²) < 4.78 is 12.9. The summed E-state index contributed by atoms with van der Waals surface area (Å²) in [6, 6.07) is 7.34. The molecule has 0 bridgehead atoms. The van der Waals surface area contributed by atoms with E-state index < -0.39 is 0 Å². The predicted octanol–water partition coefficient (Wildman–Crippen LogP) is 2.63. The summed E-state index contributed by atoms with van der Waals surface area (Å²) in [7, 11) is 4.19. The number of carbonyl (C=O) groups is 1. The van der Waals surface area contributed by atoms with Crippen molar-refractivity contribution in [3.63, 3.8) is 0 Å². The standard InChI is InChI=1S/C20H32FN3O/c1-16-14-23(15-17(2)24(16)13-12-22(3)4)20(25)7-5-6-18-8-10-19(21)11-9-18/h8-11,16-17H,5-7,12-15H2,1-4H3. The molecule has 2 unspecified atom stereocenters. The van der Waals surface area contributed by atoms with Gasteiger partial charge < -0.3 is 9.80 Å². The number of aryl methyl sites for hydroxylation is 1. The van der Waals surface area contributed by atoms with Crippen LogP contribution in [0.3, 0.4) is 0 Å². The zero-order valence-corrected chi connectivity index (χ0v) is 16.0. The highest BCUT2D eigenvalue weighted by atomic mass is 19.1. The van der Waals surface area contributed by atoms with Crippen molar-refractivity contribution in [3.8, 4) is 0 Å². The highest BCUT2D eigenvalue weighted by Gasteiger charge is 2.31. The molecule has 1 aliphatic rings. The van der Waals surface area contributed by atoms with Crippen molar-refractivity contribution < 1.29 is 9.18 Å². The van der Waals surface area contributed by atoms with Gasteiger partial charge in [0.2, 0.25) is 5.91 Å². The van der Waals surface area contributed by atoms with E-state index >= 15 is 0 Å². The van der Waals surface area contributed by atoms with Crippen LogP contribution in [0.15, 0.2) is 24.3 Å². The van der Waals surface area contributed by atoms with E-state index in [1.807, 2.05) is 4.90 Å². The fraction of sp³-hybridized carbons (Fsp3) is 0.650. The Labute approximate surface area is 151 Å². The minimum atomic E-state index is -0.213. The van der Waals surface area contributed by atoms with E-state index in [2.05, 4.69) is 37.7 Å². The first kappa shape index (κ1) is 19.9. The number of halogens is 1. The molecule has 25 heavy (non-hydrogen) atoms. The third-order valence-electron chi connectivity index (χ3n) is 5.03. The number of nitrogens with zero attached hydrogens (tertiary/aromatic N) is 3. The summed E-state index contributed by atoms with van der Waals surface area (Å²) >= 11 is 0. The van der Waals surface area contributed by atoms with Crippen molar-refractivity contribution in [2.45, 2.75) is 45.2 Å². The molecule has 0 N–H and O–H groups in total. The molecule has 2 rings (SSSR count). The number of amides is 1. The number of hydrogen-bond donors (Lipinski definition) is 0. The van der Waals surface area contributed by atoms with Gasteiger partial charge in [0.15, 0.2) is 0 Å². The van der Waals surface area contributed by atoms with Gasteiger partial charge in [-0.05, 0) is 58.5 Å². The molecular weight excluding hydrogens is 317 g/mol. The summed E-state index contributed by atoms with van der Waals surface area (Å²) in [4.78, 5) is 19.3. The third-order valence-corrected chi connectivity index (χ3v) is 5.03. The first-order valence-corrected chi connectivity index (χ1v) is 9.29. The summed E-state index contributed by atoms with van der Waals surface area (Å²) in [6.45, 7) is 8.14. The molecule has 1 fully saturated rings. The molecule has 0 spiro atoms. The van der Waals surface area contributed by atoms with Crippen LogP contribution in [0.5, 0.6) is 0 Å². The molecule has 1 aromatic carbocycles. The average Bonchev–Trinajstić information content (AvgIpc) is 2.55. The zero-order chi connectivity index (χ0) is 18.4. The van der Waals surface area contributed by atoms with E-state index in [4.69, 9.17) is 0 Å². The van der Waals surface area contributed by atoms with Crippen molar-refractivity contribution in [3.05, 3.63) is 35.6 Å². The zero-order valence-electron chi connectivity index (χ0n) is 16.0. The summed E-state index contributed by atoms with van der Waals surface area (Å²) in [5.41, 5.74) is 1.09. The Morgan fingerprint density at radius 2 is 1.76 bits per heavy atom. The van der Waals surface area contributed by atoms with Gasteiger partial charge in [-0.25, -0.2) is 4.39 Å². The maximum Gasteiger partial charge on any atom is 0.222 e. The van der Waals surface area contributed by atoms with E-state index in [0.717, 1.165) is 44.6 Å². The highest BCUT2D eigenvalue weighted by Crippen LogP contribution is 2.17. The minimum Gasteiger partial charge on any atom is -0.340 e. The number of piperazine rings is 1. The topological polar surface area (TPSA) is 26.8 Å². The van der Waals surface area contributed by atoms with Gasteiger partial charge in [0, 0.05) is 44.7 Å². The van der Waals surface area contributed by atoms with Gasteiger partial charge in [0.25, 0.3) is 0 Å². The number of carbonyl (C=O) groups excluding carboxylic acids is 1. The molecule has 5 heteroatoms. The molecule has 140 valence electrons. The summed E-state index contributed by atoms with van der Waals surface area (Å²) in [6.07, 6.45) is 2.20. The van der Waals surface area contributed by atoms with Crippen LogP contribution in [0.4, 0.5) is 4.39 Å². The molecule has 0 aromatic heterocycles.